The summed E-state index contributed by atoms with van der Waals surface area (Å²) in [6.07, 6.45) is 0. The molecule has 0 saturated heterocycles. The Balaban J connectivity index is 2.16. The SMILES string of the molecule is CNc1ccc(CSc2ccccc2Br)cc1[N+](=O)[O-]. The quantitative estimate of drug-likeness (QED) is 0.481. The molecule has 0 aliphatic heterocycles. The lowest BCUT2D eigenvalue weighted by molar-refractivity contribution is -0.384. The van der Waals surface area contributed by atoms with Gasteiger partial charge >= 0.3 is 0 Å². The van der Waals surface area contributed by atoms with Crippen molar-refractivity contribution >= 4 is 39.1 Å². The average molecular weight is 353 g/mol. The number of thioether (sulfide) groups is 1. The van der Waals surface area contributed by atoms with E-state index in [4.69, 9.17) is 0 Å². The van der Waals surface area contributed by atoms with Gasteiger partial charge < -0.3 is 5.32 Å². The van der Waals surface area contributed by atoms with Crippen LogP contribution in [0.1, 0.15) is 5.56 Å². The predicted molar refractivity (Wildman–Crippen MR) is 86.3 cm³/mol. The molecule has 0 spiro atoms. The minimum Gasteiger partial charge on any atom is -0.383 e. The van der Waals surface area contributed by atoms with Crippen molar-refractivity contribution in [2.45, 2.75) is 10.6 Å². The molecule has 1 N–H and O–H groups in total. The van der Waals surface area contributed by atoms with Crippen LogP contribution in [0.5, 0.6) is 0 Å². The maximum absolute atomic E-state index is 11.0. The highest BCUT2D eigenvalue weighted by Gasteiger charge is 2.13. The summed E-state index contributed by atoms with van der Waals surface area (Å²) in [6.45, 7) is 0. The molecule has 0 fully saturated rings. The molecule has 104 valence electrons. The van der Waals surface area contributed by atoms with Gasteiger partial charge in [0, 0.05) is 28.2 Å². The molecular formula is C14H13BrN2O2S. The van der Waals surface area contributed by atoms with E-state index in [0.29, 0.717) is 11.4 Å². The van der Waals surface area contributed by atoms with Crippen molar-refractivity contribution in [3.05, 3.63) is 62.6 Å². The molecule has 20 heavy (non-hydrogen) atoms. The van der Waals surface area contributed by atoms with E-state index in [0.717, 1.165) is 14.9 Å². The molecule has 0 saturated carbocycles. The number of halogens is 1. The highest BCUT2D eigenvalue weighted by Crippen LogP contribution is 2.32. The minimum absolute atomic E-state index is 0.109. The molecule has 0 aromatic heterocycles. The lowest BCUT2D eigenvalue weighted by Gasteiger charge is -2.06. The summed E-state index contributed by atoms with van der Waals surface area (Å²) in [7, 11) is 1.68. The third-order valence-corrected chi connectivity index (χ3v) is 4.86. The normalized spacial score (nSPS) is 10.3. The molecule has 6 heteroatoms. The Kier molecular flexibility index (Phi) is 5.03. The first kappa shape index (κ1) is 14.9. The van der Waals surface area contributed by atoms with E-state index in [2.05, 4.69) is 21.2 Å². The number of nitro benzene ring substituents is 1. The van der Waals surface area contributed by atoms with Crippen molar-refractivity contribution in [3.8, 4) is 0 Å². The molecule has 0 unspecified atom stereocenters. The van der Waals surface area contributed by atoms with Crippen LogP contribution in [0.2, 0.25) is 0 Å². The van der Waals surface area contributed by atoms with Gasteiger partial charge in [0.1, 0.15) is 5.69 Å². The van der Waals surface area contributed by atoms with E-state index in [1.807, 2.05) is 30.3 Å². The Hall–Kier alpha value is -1.53. The molecule has 2 aromatic carbocycles. The largest absolute Gasteiger partial charge is 0.383 e. The van der Waals surface area contributed by atoms with Crippen LogP contribution in [0, 0.1) is 10.1 Å². The van der Waals surface area contributed by atoms with Crippen LogP contribution in [0.3, 0.4) is 0 Å². The first-order chi connectivity index (χ1) is 9.61. The van der Waals surface area contributed by atoms with Crippen LogP contribution in [0.25, 0.3) is 0 Å². The van der Waals surface area contributed by atoms with Crippen LogP contribution in [0.4, 0.5) is 11.4 Å². The maximum Gasteiger partial charge on any atom is 0.292 e. The third-order valence-electron chi connectivity index (χ3n) is 2.76. The first-order valence-corrected chi connectivity index (χ1v) is 7.72. The van der Waals surface area contributed by atoms with Gasteiger partial charge in [0.2, 0.25) is 0 Å². The van der Waals surface area contributed by atoms with Crippen molar-refractivity contribution in [3.63, 3.8) is 0 Å². The number of nitrogens with one attached hydrogen (secondary N) is 1. The Bertz CT molecular complexity index is 634. The van der Waals surface area contributed by atoms with E-state index >= 15 is 0 Å². The molecule has 0 amide bonds. The van der Waals surface area contributed by atoms with Crippen LogP contribution in [0.15, 0.2) is 51.8 Å². The van der Waals surface area contributed by atoms with Crippen molar-refractivity contribution in [1.29, 1.82) is 0 Å². The summed E-state index contributed by atoms with van der Waals surface area (Å²) in [5.41, 5.74) is 1.57. The zero-order valence-corrected chi connectivity index (χ0v) is 13.2. The molecule has 0 atom stereocenters. The highest BCUT2D eigenvalue weighted by molar-refractivity contribution is 9.10. The van der Waals surface area contributed by atoms with Crippen LogP contribution >= 0.6 is 27.7 Å². The Labute approximate surface area is 129 Å². The van der Waals surface area contributed by atoms with Crippen LogP contribution in [-0.2, 0) is 5.75 Å². The summed E-state index contributed by atoms with van der Waals surface area (Å²) in [5, 5.41) is 13.8. The summed E-state index contributed by atoms with van der Waals surface area (Å²) >= 11 is 5.14. The number of nitro groups is 1. The van der Waals surface area contributed by atoms with Gasteiger partial charge in [0.15, 0.2) is 0 Å². The van der Waals surface area contributed by atoms with E-state index in [9.17, 15) is 10.1 Å². The van der Waals surface area contributed by atoms with Gasteiger partial charge in [-0.05, 0) is 39.7 Å². The maximum atomic E-state index is 11.0. The molecule has 0 aliphatic carbocycles. The van der Waals surface area contributed by atoms with Gasteiger partial charge in [-0.3, -0.25) is 10.1 Å². The number of benzene rings is 2. The van der Waals surface area contributed by atoms with E-state index < -0.39 is 0 Å². The lowest BCUT2D eigenvalue weighted by atomic mass is 10.2. The molecule has 2 rings (SSSR count). The average Bonchev–Trinajstić information content (AvgIpc) is 2.46. The van der Waals surface area contributed by atoms with Crippen LogP contribution in [-0.4, -0.2) is 12.0 Å². The fourth-order valence-corrected chi connectivity index (χ4v) is 3.26. The summed E-state index contributed by atoms with van der Waals surface area (Å²) in [5.74, 6) is 0.688. The minimum atomic E-state index is -0.363. The second-order valence-corrected chi connectivity index (χ2v) is 5.95. The Morgan fingerprint density at radius 3 is 2.70 bits per heavy atom. The molecule has 4 nitrogen and oxygen atoms in total. The van der Waals surface area contributed by atoms with Crippen molar-refractivity contribution in [1.82, 2.24) is 0 Å². The molecule has 0 bridgehead atoms. The Morgan fingerprint density at radius 1 is 1.30 bits per heavy atom. The first-order valence-electron chi connectivity index (χ1n) is 5.94. The molecule has 0 heterocycles. The predicted octanol–water partition coefficient (Wildman–Crippen LogP) is 4.69. The number of hydrogen-bond donors (Lipinski definition) is 1. The zero-order valence-electron chi connectivity index (χ0n) is 10.8. The fraction of sp³-hybridized carbons (Fsp3) is 0.143. The third kappa shape index (κ3) is 3.52. The smallest absolute Gasteiger partial charge is 0.292 e. The van der Waals surface area contributed by atoms with Gasteiger partial charge in [-0.1, -0.05) is 18.2 Å². The van der Waals surface area contributed by atoms with Gasteiger partial charge in [-0.15, -0.1) is 11.8 Å². The van der Waals surface area contributed by atoms with Gasteiger partial charge in [0.25, 0.3) is 5.69 Å². The number of nitrogens with zero attached hydrogens (tertiary/aromatic N) is 1. The van der Waals surface area contributed by atoms with Gasteiger partial charge in [-0.2, -0.15) is 0 Å². The second kappa shape index (κ2) is 6.76. The standard InChI is InChI=1S/C14H13BrN2O2S/c1-16-12-7-6-10(8-13(12)17(18)19)9-20-14-5-3-2-4-11(14)15/h2-8,16H,9H2,1H3. The van der Waals surface area contributed by atoms with Gasteiger partial charge in [-0.25, -0.2) is 0 Å². The fourth-order valence-electron chi connectivity index (χ4n) is 1.75. The number of rotatable bonds is 5. The van der Waals surface area contributed by atoms with E-state index in [1.54, 1.807) is 30.9 Å². The monoisotopic (exact) mass is 352 g/mol. The van der Waals surface area contributed by atoms with Crippen molar-refractivity contribution in [2.24, 2.45) is 0 Å². The summed E-state index contributed by atoms with van der Waals surface area (Å²) < 4.78 is 1.03. The van der Waals surface area contributed by atoms with Crippen molar-refractivity contribution in [2.75, 3.05) is 12.4 Å². The lowest BCUT2D eigenvalue weighted by Crippen LogP contribution is -1.97. The van der Waals surface area contributed by atoms with Gasteiger partial charge in [0.05, 0.1) is 4.92 Å². The molecule has 2 aromatic rings. The highest BCUT2D eigenvalue weighted by atomic mass is 79.9. The molecule has 0 aliphatic rings. The Morgan fingerprint density at radius 2 is 2.05 bits per heavy atom. The van der Waals surface area contributed by atoms with Crippen LogP contribution < -0.4 is 5.32 Å². The number of anilines is 1. The molecule has 0 radical (unpaired) electrons. The second-order valence-electron chi connectivity index (χ2n) is 4.08. The number of hydrogen-bond acceptors (Lipinski definition) is 4. The summed E-state index contributed by atoms with van der Waals surface area (Å²) in [4.78, 5) is 11.8. The van der Waals surface area contributed by atoms with E-state index in [-0.39, 0.29) is 10.6 Å². The molecular weight excluding hydrogens is 340 g/mol. The van der Waals surface area contributed by atoms with E-state index in [1.165, 1.54) is 0 Å². The topological polar surface area (TPSA) is 55.2 Å². The van der Waals surface area contributed by atoms with Crippen molar-refractivity contribution < 1.29 is 4.92 Å². The summed E-state index contributed by atoms with van der Waals surface area (Å²) in [6, 6.07) is 13.2. The zero-order chi connectivity index (χ0) is 14.5.